The van der Waals surface area contributed by atoms with Crippen LogP contribution in [0.2, 0.25) is 5.15 Å². The molecule has 2 N–H and O–H groups in total. The third kappa shape index (κ3) is 1.59. The highest BCUT2D eigenvalue weighted by Gasteiger charge is 2.05. The molecule has 0 bridgehead atoms. The second-order valence-electron chi connectivity index (χ2n) is 2.45. The normalized spacial score (nSPS) is 10.0. The molecule has 0 aromatic carbocycles. The average molecular weight is 265 g/mol. The maximum Gasteiger partial charge on any atom is 0.243 e. The van der Waals surface area contributed by atoms with E-state index in [-0.39, 0.29) is 22.9 Å². The van der Waals surface area contributed by atoms with E-state index < -0.39 is 0 Å². The standard InChI is InChI=1S/C6H6ClN5.BrH/c1-3-2-4-9-10-6(8)12(4)11-5(3)7;/h2H,1H3,(H2,8,10);1H. The smallest absolute Gasteiger partial charge is 0.243 e. The second-order valence-corrected chi connectivity index (χ2v) is 2.80. The Hall–Kier alpha value is -0.880. The van der Waals surface area contributed by atoms with E-state index >= 15 is 0 Å². The summed E-state index contributed by atoms with van der Waals surface area (Å²) in [6.45, 7) is 1.85. The summed E-state index contributed by atoms with van der Waals surface area (Å²) in [5.41, 5.74) is 6.93. The van der Waals surface area contributed by atoms with Gasteiger partial charge in [-0.2, -0.15) is 9.61 Å². The number of hydrogen-bond acceptors (Lipinski definition) is 4. The number of aromatic nitrogens is 4. The van der Waals surface area contributed by atoms with E-state index in [4.69, 9.17) is 17.3 Å². The summed E-state index contributed by atoms with van der Waals surface area (Å²) in [7, 11) is 0. The first-order chi connectivity index (χ1) is 5.68. The monoisotopic (exact) mass is 263 g/mol. The SMILES string of the molecule is Br.Cc1cc2nnc(N)n2nc1Cl. The molecule has 13 heavy (non-hydrogen) atoms. The Kier molecular flexibility index (Phi) is 2.72. The van der Waals surface area contributed by atoms with Gasteiger partial charge in [-0.25, -0.2) is 0 Å². The van der Waals surface area contributed by atoms with Crippen molar-refractivity contribution in [2.45, 2.75) is 6.92 Å². The number of rotatable bonds is 0. The Balaban J connectivity index is 0.000000845. The zero-order chi connectivity index (χ0) is 8.72. The molecule has 0 saturated heterocycles. The fraction of sp³-hybridized carbons (Fsp3) is 0.167. The lowest BCUT2D eigenvalue weighted by Crippen LogP contribution is -1.99. The van der Waals surface area contributed by atoms with Crippen molar-refractivity contribution in [3.05, 3.63) is 16.8 Å². The molecule has 2 rings (SSSR count). The van der Waals surface area contributed by atoms with Crippen LogP contribution in [0.4, 0.5) is 5.95 Å². The number of nitrogens with two attached hydrogens (primary N) is 1. The van der Waals surface area contributed by atoms with Gasteiger partial charge in [0.15, 0.2) is 10.8 Å². The summed E-state index contributed by atoms with van der Waals surface area (Å²) in [6.07, 6.45) is 0. The van der Waals surface area contributed by atoms with E-state index in [9.17, 15) is 0 Å². The quantitative estimate of drug-likeness (QED) is 0.777. The van der Waals surface area contributed by atoms with E-state index in [0.717, 1.165) is 5.56 Å². The molecule has 2 heterocycles. The largest absolute Gasteiger partial charge is 0.366 e. The number of hydrogen-bond donors (Lipinski definition) is 1. The highest BCUT2D eigenvalue weighted by Crippen LogP contribution is 2.13. The molecule has 5 nitrogen and oxygen atoms in total. The van der Waals surface area contributed by atoms with E-state index in [0.29, 0.717) is 10.8 Å². The molecule has 0 fully saturated rings. The predicted octanol–water partition coefficient (Wildman–Crippen LogP) is 1.25. The first kappa shape index (κ1) is 10.2. The molecule has 0 atom stereocenters. The first-order valence-corrected chi connectivity index (χ1v) is 3.70. The molecular weight excluding hydrogens is 257 g/mol. The molecule has 0 saturated carbocycles. The molecular formula is C6H7BrClN5. The molecule has 7 heteroatoms. The minimum atomic E-state index is 0. The van der Waals surface area contributed by atoms with Gasteiger partial charge in [0.25, 0.3) is 0 Å². The Morgan fingerprint density at radius 1 is 1.46 bits per heavy atom. The molecule has 0 aliphatic carbocycles. The lowest BCUT2D eigenvalue weighted by molar-refractivity contribution is 0.932. The number of nitrogens with zero attached hydrogens (tertiary/aromatic N) is 4. The van der Waals surface area contributed by atoms with E-state index in [1.54, 1.807) is 6.07 Å². The van der Waals surface area contributed by atoms with Crippen LogP contribution in [0.3, 0.4) is 0 Å². The van der Waals surface area contributed by atoms with Crippen LogP contribution in [0.1, 0.15) is 5.56 Å². The van der Waals surface area contributed by atoms with Crippen LogP contribution >= 0.6 is 28.6 Å². The molecule has 0 radical (unpaired) electrons. The second kappa shape index (κ2) is 3.47. The van der Waals surface area contributed by atoms with Gasteiger partial charge in [0.05, 0.1) is 0 Å². The first-order valence-electron chi connectivity index (χ1n) is 3.32. The number of halogens is 2. The van der Waals surface area contributed by atoms with Gasteiger partial charge in [-0.15, -0.1) is 27.2 Å². The maximum absolute atomic E-state index is 5.77. The van der Waals surface area contributed by atoms with E-state index in [1.165, 1.54) is 4.52 Å². The van der Waals surface area contributed by atoms with Crippen LogP contribution in [-0.4, -0.2) is 19.8 Å². The van der Waals surface area contributed by atoms with Crippen molar-refractivity contribution in [2.24, 2.45) is 0 Å². The van der Waals surface area contributed by atoms with Crippen LogP contribution in [0.15, 0.2) is 6.07 Å². The minimum absolute atomic E-state index is 0. The van der Waals surface area contributed by atoms with Crippen molar-refractivity contribution in [2.75, 3.05) is 5.73 Å². The van der Waals surface area contributed by atoms with Crippen molar-refractivity contribution in [3.63, 3.8) is 0 Å². The Morgan fingerprint density at radius 2 is 2.15 bits per heavy atom. The molecule has 0 aliphatic rings. The molecule has 2 aromatic rings. The highest BCUT2D eigenvalue weighted by molar-refractivity contribution is 8.93. The van der Waals surface area contributed by atoms with Crippen molar-refractivity contribution in [1.82, 2.24) is 19.8 Å². The van der Waals surface area contributed by atoms with E-state index in [2.05, 4.69) is 15.3 Å². The van der Waals surface area contributed by atoms with Crippen LogP contribution in [-0.2, 0) is 0 Å². The summed E-state index contributed by atoms with van der Waals surface area (Å²) >= 11 is 5.77. The van der Waals surface area contributed by atoms with Crippen LogP contribution in [0, 0.1) is 6.92 Å². The molecule has 0 unspecified atom stereocenters. The number of anilines is 1. The molecule has 70 valence electrons. The van der Waals surface area contributed by atoms with Gasteiger partial charge in [0.2, 0.25) is 5.95 Å². The fourth-order valence-corrected chi connectivity index (χ4v) is 1.05. The molecule has 0 amide bonds. The minimum Gasteiger partial charge on any atom is -0.366 e. The predicted molar refractivity (Wildman–Crippen MR) is 55.3 cm³/mol. The number of nitrogen functional groups attached to an aromatic ring is 1. The third-order valence-corrected chi connectivity index (χ3v) is 1.92. The van der Waals surface area contributed by atoms with Crippen molar-refractivity contribution in [3.8, 4) is 0 Å². The van der Waals surface area contributed by atoms with Crippen LogP contribution < -0.4 is 5.73 Å². The third-order valence-electron chi connectivity index (χ3n) is 1.55. The van der Waals surface area contributed by atoms with Gasteiger partial charge < -0.3 is 5.73 Å². The van der Waals surface area contributed by atoms with Gasteiger partial charge in [0.1, 0.15) is 0 Å². The Morgan fingerprint density at radius 3 is 2.85 bits per heavy atom. The van der Waals surface area contributed by atoms with Crippen LogP contribution in [0.5, 0.6) is 0 Å². The van der Waals surface area contributed by atoms with Gasteiger partial charge in [-0.05, 0) is 18.6 Å². The summed E-state index contributed by atoms with van der Waals surface area (Å²) in [6, 6.07) is 1.78. The van der Waals surface area contributed by atoms with E-state index in [1.807, 2.05) is 6.92 Å². The zero-order valence-corrected chi connectivity index (χ0v) is 9.20. The topological polar surface area (TPSA) is 69.1 Å². The van der Waals surface area contributed by atoms with Gasteiger partial charge >= 0.3 is 0 Å². The Bertz CT molecular complexity index is 440. The fourth-order valence-electron chi connectivity index (χ4n) is 0.917. The lowest BCUT2D eigenvalue weighted by Gasteiger charge is -1.96. The van der Waals surface area contributed by atoms with Gasteiger partial charge in [-0.3, -0.25) is 0 Å². The highest BCUT2D eigenvalue weighted by atomic mass is 79.9. The van der Waals surface area contributed by atoms with Gasteiger partial charge in [-0.1, -0.05) is 11.6 Å². The van der Waals surface area contributed by atoms with Crippen molar-refractivity contribution in [1.29, 1.82) is 0 Å². The van der Waals surface area contributed by atoms with Crippen LogP contribution in [0.25, 0.3) is 5.65 Å². The Labute approximate surface area is 89.7 Å². The van der Waals surface area contributed by atoms with Crippen molar-refractivity contribution < 1.29 is 0 Å². The maximum atomic E-state index is 5.77. The summed E-state index contributed by atoms with van der Waals surface area (Å²) in [4.78, 5) is 0. The van der Waals surface area contributed by atoms with Crippen molar-refractivity contribution >= 4 is 40.2 Å². The molecule has 2 aromatic heterocycles. The number of fused-ring (bicyclic) bond motifs is 1. The zero-order valence-electron chi connectivity index (χ0n) is 6.73. The average Bonchev–Trinajstić information content (AvgIpc) is 2.35. The number of aryl methyl sites for hydroxylation is 1. The lowest BCUT2D eigenvalue weighted by atomic mass is 10.3. The van der Waals surface area contributed by atoms with Gasteiger partial charge in [0, 0.05) is 0 Å². The summed E-state index contributed by atoms with van der Waals surface area (Å²) < 4.78 is 1.40. The summed E-state index contributed by atoms with van der Waals surface area (Å²) in [5.74, 6) is 0.243. The molecule has 0 aliphatic heterocycles. The summed E-state index contributed by atoms with van der Waals surface area (Å²) in [5, 5.41) is 11.8. The molecule has 0 spiro atoms.